The van der Waals surface area contributed by atoms with Gasteiger partial charge >= 0.3 is 0 Å². The molecule has 94 valence electrons. The summed E-state index contributed by atoms with van der Waals surface area (Å²) >= 11 is 0. The van der Waals surface area contributed by atoms with Crippen LogP contribution in [0.5, 0.6) is 0 Å². The molecular weight excluding hydrogens is 204 g/mol. The molecule has 1 fully saturated rings. The van der Waals surface area contributed by atoms with Gasteiger partial charge in [0.25, 0.3) is 0 Å². The molecule has 1 rings (SSSR count). The van der Waals surface area contributed by atoms with Crippen LogP contribution in [-0.4, -0.2) is 37.2 Å². The average Bonchev–Trinajstić information content (AvgIpc) is 2.66. The first kappa shape index (κ1) is 13.5. The van der Waals surface area contributed by atoms with E-state index in [1.54, 1.807) is 0 Å². The second kappa shape index (κ2) is 6.21. The zero-order valence-electron chi connectivity index (χ0n) is 10.6. The fraction of sp³-hybridized carbons (Fsp3) is 0.917. The van der Waals surface area contributed by atoms with E-state index in [0.29, 0.717) is 6.04 Å². The Labute approximate surface area is 98.1 Å². The van der Waals surface area contributed by atoms with Crippen LogP contribution in [0.4, 0.5) is 0 Å². The number of carbonyl (C=O) groups excluding carboxylic acids is 1. The van der Waals surface area contributed by atoms with Crippen LogP contribution in [0.2, 0.25) is 0 Å². The number of nitrogens with one attached hydrogen (secondary N) is 2. The van der Waals surface area contributed by atoms with Gasteiger partial charge in [-0.25, -0.2) is 0 Å². The lowest BCUT2D eigenvalue weighted by atomic mass is 10.1. The molecule has 0 saturated carbocycles. The van der Waals surface area contributed by atoms with Crippen LogP contribution in [0.15, 0.2) is 0 Å². The maximum absolute atomic E-state index is 11.4. The molecule has 1 atom stereocenters. The Hall–Kier alpha value is -0.610. The fourth-order valence-corrected chi connectivity index (χ4v) is 1.72. The highest BCUT2D eigenvalue weighted by molar-refractivity contribution is 5.77. The summed E-state index contributed by atoms with van der Waals surface area (Å²) in [5, 5.41) is 6.28. The number of hydrogen-bond donors (Lipinski definition) is 2. The summed E-state index contributed by atoms with van der Waals surface area (Å²) in [5.74, 6) is -0.0204. The molecule has 1 heterocycles. The van der Waals surface area contributed by atoms with Gasteiger partial charge < -0.3 is 15.4 Å². The third-order valence-electron chi connectivity index (χ3n) is 2.61. The van der Waals surface area contributed by atoms with E-state index in [1.807, 2.05) is 20.8 Å². The molecule has 0 aromatic rings. The molecule has 16 heavy (non-hydrogen) atoms. The molecule has 0 unspecified atom stereocenters. The van der Waals surface area contributed by atoms with Crippen molar-refractivity contribution in [3.63, 3.8) is 0 Å². The number of hydrogen-bond acceptors (Lipinski definition) is 3. The zero-order valence-corrected chi connectivity index (χ0v) is 10.6. The summed E-state index contributed by atoms with van der Waals surface area (Å²) in [7, 11) is 0. The van der Waals surface area contributed by atoms with E-state index in [0.717, 1.165) is 19.5 Å². The van der Waals surface area contributed by atoms with E-state index in [4.69, 9.17) is 4.74 Å². The van der Waals surface area contributed by atoms with Gasteiger partial charge in [0.15, 0.2) is 0 Å². The quantitative estimate of drug-likeness (QED) is 0.740. The SMILES string of the molecule is CC(C)(C)OCC(=O)NCC[C@@H]1CCCN1. The van der Waals surface area contributed by atoms with Crippen molar-refractivity contribution in [1.82, 2.24) is 10.6 Å². The Balaban J connectivity index is 2.01. The molecule has 1 saturated heterocycles. The van der Waals surface area contributed by atoms with E-state index in [2.05, 4.69) is 10.6 Å². The topological polar surface area (TPSA) is 50.4 Å². The summed E-state index contributed by atoms with van der Waals surface area (Å²) in [5.41, 5.74) is -0.246. The third-order valence-corrected chi connectivity index (χ3v) is 2.61. The van der Waals surface area contributed by atoms with Crippen molar-refractivity contribution in [3.05, 3.63) is 0 Å². The van der Waals surface area contributed by atoms with Crippen molar-refractivity contribution in [2.75, 3.05) is 19.7 Å². The zero-order chi connectivity index (χ0) is 12.0. The van der Waals surface area contributed by atoms with E-state index < -0.39 is 0 Å². The Kier molecular flexibility index (Phi) is 5.22. The van der Waals surface area contributed by atoms with Gasteiger partial charge in [0.1, 0.15) is 6.61 Å². The van der Waals surface area contributed by atoms with Crippen molar-refractivity contribution < 1.29 is 9.53 Å². The molecule has 0 spiro atoms. The summed E-state index contributed by atoms with van der Waals surface area (Å²) in [6, 6.07) is 0.587. The largest absolute Gasteiger partial charge is 0.366 e. The molecule has 2 N–H and O–H groups in total. The molecule has 0 bridgehead atoms. The minimum atomic E-state index is -0.246. The van der Waals surface area contributed by atoms with Crippen molar-refractivity contribution in [2.24, 2.45) is 0 Å². The second-order valence-corrected chi connectivity index (χ2v) is 5.33. The van der Waals surface area contributed by atoms with Crippen molar-refractivity contribution in [2.45, 2.75) is 51.7 Å². The van der Waals surface area contributed by atoms with Crippen LogP contribution in [0.1, 0.15) is 40.0 Å². The maximum atomic E-state index is 11.4. The van der Waals surface area contributed by atoms with Gasteiger partial charge in [-0.1, -0.05) is 0 Å². The molecule has 0 aliphatic carbocycles. The lowest BCUT2D eigenvalue weighted by molar-refractivity contribution is -0.130. The Morgan fingerprint density at radius 3 is 2.81 bits per heavy atom. The first-order valence-electron chi connectivity index (χ1n) is 6.11. The number of ether oxygens (including phenoxy) is 1. The van der Waals surface area contributed by atoms with Crippen LogP contribution in [-0.2, 0) is 9.53 Å². The van der Waals surface area contributed by atoms with Gasteiger partial charge in [0.05, 0.1) is 5.60 Å². The average molecular weight is 228 g/mol. The van der Waals surface area contributed by atoms with Crippen LogP contribution in [0.25, 0.3) is 0 Å². The lowest BCUT2D eigenvalue weighted by Crippen LogP contribution is -2.35. The van der Waals surface area contributed by atoms with Crippen molar-refractivity contribution in [3.8, 4) is 0 Å². The highest BCUT2D eigenvalue weighted by atomic mass is 16.5. The Bertz CT molecular complexity index is 218. The van der Waals surface area contributed by atoms with Crippen molar-refractivity contribution >= 4 is 5.91 Å². The normalized spacial score (nSPS) is 21.1. The third kappa shape index (κ3) is 6.08. The predicted octanol–water partition coefficient (Wildman–Crippen LogP) is 1.06. The van der Waals surface area contributed by atoms with E-state index in [1.165, 1.54) is 12.8 Å². The smallest absolute Gasteiger partial charge is 0.246 e. The monoisotopic (exact) mass is 228 g/mol. The highest BCUT2D eigenvalue weighted by Crippen LogP contribution is 2.08. The first-order valence-corrected chi connectivity index (χ1v) is 6.11. The molecule has 0 aromatic carbocycles. The van der Waals surface area contributed by atoms with Gasteiger partial charge in [0.2, 0.25) is 5.91 Å². The summed E-state index contributed by atoms with van der Waals surface area (Å²) in [6.45, 7) is 7.85. The Morgan fingerprint density at radius 1 is 1.50 bits per heavy atom. The molecule has 1 aliphatic heterocycles. The minimum Gasteiger partial charge on any atom is -0.366 e. The van der Waals surface area contributed by atoms with Gasteiger partial charge in [-0.05, 0) is 46.6 Å². The molecule has 0 radical (unpaired) electrons. The highest BCUT2D eigenvalue weighted by Gasteiger charge is 2.15. The van der Waals surface area contributed by atoms with E-state index in [9.17, 15) is 4.79 Å². The lowest BCUT2D eigenvalue weighted by Gasteiger charge is -2.19. The Morgan fingerprint density at radius 2 is 2.25 bits per heavy atom. The van der Waals surface area contributed by atoms with E-state index >= 15 is 0 Å². The fourth-order valence-electron chi connectivity index (χ4n) is 1.72. The van der Waals surface area contributed by atoms with Gasteiger partial charge in [0, 0.05) is 12.6 Å². The van der Waals surface area contributed by atoms with Gasteiger partial charge in [-0.15, -0.1) is 0 Å². The van der Waals surface area contributed by atoms with Gasteiger partial charge in [-0.3, -0.25) is 4.79 Å². The van der Waals surface area contributed by atoms with E-state index in [-0.39, 0.29) is 18.1 Å². The van der Waals surface area contributed by atoms with Gasteiger partial charge in [-0.2, -0.15) is 0 Å². The molecule has 4 nitrogen and oxygen atoms in total. The molecule has 1 aliphatic rings. The number of carbonyl (C=O) groups is 1. The molecular formula is C12H24N2O2. The molecule has 1 amide bonds. The first-order chi connectivity index (χ1) is 7.47. The van der Waals surface area contributed by atoms with Crippen LogP contribution >= 0.6 is 0 Å². The standard InChI is InChI=1S/C12H24N2O2/c1-12(2,3)16-9-11(15)14-8-6-10-5-4-7-13-10/h10,13H,4-9H2,1-3H3,(H,14,15)/t10-/m0/s1. The van der Waals surface area contributed by atoms with Crippen molar-refractivity contribution in [1.29, 1.82) is 0 Å². The summed E-state index contributed by atoms with van der Waals surface area (Å²) < 4.78 is 5.39. The summed E-state index contributed by atoms with van der Waals surface area (Å²) in [6.07, 6.45) is 3.50. The van der Waals surface area contributed by atoms with Crippen LogP contribution in [0.3, 0.4) is 0 Å². The molecule has 4 heteroatoms. The number of rotatable bonds is 5. The molecule has 0 aromatic heterocycles. The summed E-state index contributed by atoms with van der Waals surface area (Å²) in [4.78, 5) is 11.4. The van der Waals surface area contributed by atoms with Crippen LogP contribution < -0.4 is 10.6 Å². The minimum absolute atomic E-state index is 0.0204. The number of amides is 1. The second-order valence-electron chi connectivity index (χ2n) is 5.33. The van der Waals surface area contributed by atoms with Crippen LogP contribution in [0, 0.1) is 0 Å². The maximum Gasteiger partial charge on any atom is 0.246 e. The predicted molar refractivity (Wildman–Crippen MR) is 64.4 cm³/mol.